The Morgan fingerprint density at radius 1 is 1.60 bits per heavy atom. The maximum atomic E-state index is 12.1. The van der Waals surface area contributed by atoms with Gasteiger partial charge in [-0.1, -0.05) is 6.08 Å². The van der Waals surface area contributed by atoms with Gasteiger partial charge in [0.05, 0.1) is 6.54 Å². The molecule has 0 bridgehead atoms. The Labute approximate surface area is 82.6 Å². The number of rotatable bonds is 3. The van der Waals surface area contributed by atoms with E-state index in [0.29, 0.717) is 0 Å². The Balaban J connectivity index is 2.65. The highest BCUT2D eigenvalue weighted by atomic mass is 19.4. The van der Waals surface area contributed by atoms with Crippen LogP contribution in [0, 0.1) is 0 Å². The molecular weight excluding hydrogens is 213 g/mol. The second-order valence-electron chi connectivity index (χ2n) is 2.66. The monoisotopic (exact) mass is 220 g/mol. The Kier molecular flexibility index (Phi) is 3.13. The maximum absolute atomic E-state index is 12.1. The van der Waals surface area contributed by atoms with Gasteiger partial charge in [0.25, 0.3) is 0 Å². The van der Waals surface area contributed by atoms with Crippen molar-refractivity contribution in [1.29, 1.82) is 0 Å². The summed E-state index contributed by atoms with van der Waals surface area (Å²) in [6, 6.07) is 0.828. The second-order valence-corrected chi connectivity index (χ2v) is 2.66. The zero-order valence-electron chi connectivity index (χ0n) is 7.40. The minimum atomic E-state index is -4.47. The molecule has 1 N–H and O–H groups in total. The number of hydrogen-bond acceptors (Lipinski definition) is 2. The summed E-state index contributed by atoms with van der Waals surface area (Å²) in [4.78, 5) is 10.1. The summed E-state index contributed by atoms with van der Waals surface area (Å²) in [6.07, 6.45) is -1.29. The molecule has 0 aliphatic rings. The number of alkyl halides is 3. The highest BCUT2D eigenvalue weighted by molar-refractivity contribution is 5.79. The molecule has 15 heavy (non-hydrogen) atoms. The van der Waals surface area contributed by atoms with Gasteiger partial charge in [-0.2, -0.15) is 18.3 Å². The number of nitrogens with zero attached hydrogens (tertiary/aromatic N) is 2. The van der Waals surface area contributed by atoms with E-state index in [1.54, 1.807) is 0 Å². The average molecular weight is 220 g/mol. The van der Waals surface area contributed by atoms with Gasteiger partial charge in [0.2, 0.25) is 0 Å². The summed E-state index contributed by atoms with van der Waals surface area (Å²) in [5.74, 6) is -1.15. The number of carboxylic acids is 1. The summed E-state index contributed by atoms with van der Waals surface area (Å²) in [7, 11) is 0. The van der Waals surface area contributed by atoms with Crippen molar-refractivity contribution in [3.63, 3.8) is 0 Å². The molecule has 0 amide bonds. The molecule has 0 aliphatic carbocycles. The predicted octanol–water partition coefficient (Wildman–Crippen LogP) is 1.54. The third kappa shape index (κ3) is 3.45. The minimum absolute atomic E-state index is 0.0115. The van der Waals surface area contributed by atoms with E-state index >= 15 is 0 Å². The first-order valence-corrected chi connectivity index (χ1v) is 3.89. The van der Waals surface area contributed by atoms with Gasteiger partial charge in [0.15, 0.2) is 5.69 Å². The standard InChI is InChI=1S/C8H7F3N2O2/c9-8(10,11)6-3-5-13(12-6)4-1-2-7(14)15/h1-3,5H,4H2,(H,14,15). The van der Waals surface area contributed by atoms with Crippen LogP contribution in [-0.4, -0.2) is 20.9 Å². The van der Waals surface area contributed by atoms with E-state index < -0.39 is 17.8 Å². The van der Waals surface area contributed by atoms with Crippen LogP contribution in [-0.2, 0) is 17.5 Å². The summed E-state index contributed by atoms with van der Waals surface area (Å²) in [5.41, 5.74) is -0.994. The Morgan fingerprint density at radius 2 is 2.27 bits per heavy atom. The van der Waals surface area contributed by atoms with Crippen molar-refractivity contribution in [1.82, 2.24) is 9.78 Å². The molecule has 0 atom stereocenters. The number of carbonyl (C=O) groups is 1. The van der Waals surface area contributed by atoms with Crippen LogP contribution in [0.25, 0.3) is 0 Å². The van der Waals surface area contributed by atoms with E-state index in [-0.39, 0.29) is 6.54 Å². The molecule has 0 aliphatic heterocycles. The molecule has 0 radical (unpaired) electrons. The molecule has 0 fully saturated rings. The van der Waals surface area contributed by atoms with Crippen molar-refractivity contribution in [3.05, 3.63) is 30.1 Å². The molecule has 0 saturated carbocycles. The van der Waals surface area contributed by atoms with Gasteiger partial charge in [-0.15, -0.1) is 0 Å². The summed E-state index contributed by atoms with van der Waals surface area (Å²) >= 11 is 0. The van der Waals surface area contributed by atoms with Crippen molar-refractivity contribution >= 4 is 5.97 Å². The van der Waals surface area contributed by atoms with Crippen molar-refractivity contribution in [2.45, 2.75) is 12.7 Å². The fourth-order valence-electron chi connectivity index (χ4n) is 0.876. The van der Waals surface area contributed by atoms with E-state index in [9.17, 15) is 18.0 Å². The third-order valence-corrected chi connectivity index (χ3v) is 1.48. The fraction of sp³-hybridized carbons (Fsp3) is 0.250. The van der Waals surface area contributed by atoms with Gasteiger partial charge in [-0.05, 0) is 6.07 Å². The van der Waals surface area contributed by atoms with E-state index in [1.807, 2.05) is 0 Å². The first-order valence-electron chi connectivity index (χ1n) is 3.89. The maximum Gasteiger partial charge on any atom is 0.435 e. The van der Waals surface area contributed by atoms with Crippen LogP contribution in [0.3, 0.4) is 0 Å². The van der Waals surface area contributed by atoms with Crippen LogP contribution in [0.15, 0.2) is 24.4 Å². The van der Waals surface area contributed by atoms with Crippen LogP contribution in [0.4, 0.5) is 13.2 Å². The lowest BCUT2D eigenvalue weighted by Gasteiger charge is -2.00. The molecule has 0 saturated heterocycles. The predicted molar refractivity (Wildman–Crippen MR) is 44.0 cm³/mol. The number of allylic oxidation sites excluding steroid dienone is 1. The Morgan fingerprint density at radius 3 is 2.73 bits per heavy atom. The smallest absolute Gasteiger partial charge is 0.435 e. The van der Waals surface area contributed by atoms with Gasteiger partial charge in [0, 0.05) is 12.3 Å². The second kappa shape index (κ2) is 4.16. The highest BCUT2D eigenvalue weighted by Gasteiger charge is 2.33. The number of hydrogen-bond donors (Lipinski definition) is 1. The zero-order valence-corrected chi connectivity index (χ0v) is 7.40. The topological polar surface area (TPSA) is 55.1 Å². The first kappa shape index (κ1) is 11.3. The summed E-state index contributed by atoms with van der Waals surface area (Å²) < 4.78 is 37.2. The molecule has 0 spiro atoms. The van der Waals surface area contributed by atoms with Crippen LogP contribution < -0.4 is 0 Å². The lowest BCUT2D eigenvalue weighted by atomic mass is 10.4. The van der Waals surface area contributed by atoms with E-state index in [2.05, 4.69) is 5.10 Å². The number of aromatic nitrogens is 2. The van der Waals surface area contributed by atoms with Crippen LogP contribution in [0.2, 0.25) is 0 Å². The van der Waals surface area contributed by atoms with Gasteiger partial charge in [-0.3, -0.25) is 4.68 Å². The number of halogens is 3. The molecule has 0 aromatic carbocycles. The van der Waals surface area contributed by atoms with Gasteiger partial charge < -0.3 is 5.11 Å². The van der Waals surface area contributed by atoms with Crippen molar-refractivity contribution in [2.24, 2.45) is 0 Å². The highest BCUT2D eigenvalue weighted by Crippen LogP contribution is 2.27. The molecule has 1 rings (SSSR count). The van der Waals surface area contributed by atoms with Gasteiger partial charge in [0.1, 0.15) is 0 Å². The van der Waals surface area contributed by atoms with Crippen molar-refractivity contribution in [2.75, 3.05) is 0 Å². The number of aliphatic carboxylic acids is 1. The fourth-order valence-corrected chi connectivity index (χ4v) is 0.876. The largest absolute Gasteiger partial charge is 0.478 e. The molecule has 7 heteroatoms. The van der Waals surface area contributed by atoms with E-state index in [0.717, 1.165) is 23.0 Å². The van der Waals surface area contributed by atoms with Crippen LogP contribution in [0.1, 0.15) is 5.69 Å². The van der Waals surface area contributed by atoms with Gasteiger partial charge >= 0.3 is 12.1 Å². The molecule has 1 aromatic heterocycles. The quantitative estimate of drug-likeness (QED) is 0.786. The van der Waals surface area contributed by atoms with Crippen LogP contribution in [0.5, 0.6) is 0 Å². The molecule has 1 aromatic rings. The number of carboxylic acid groups (broad SMARTS) is 1. The molecule has 1 heterocycles. The van der Waals surface area contributed by atoms with Gasteiger partial charge in [-0.25, -0.2) is 4.79 Å². The molecule has 82 valence electrons. The van der Waals surface area contributed by atoms with Crippen molar-refractivity contribution < 1.29 is 23.1 Å². The summed E-state index contributed by atoms with van der Waals surface area (Å²) in [6.45, 7) is -0.0115. The first-order chi connectivity index (χ1) is 6.89. The van der Waals surface area contributed by atoms with E-state index in [4.69, 9.17) is 5.11 Å². The third-order valence-electron chi connectivity index (χ3n) is 1.48. The normalized spacial score (nSPS) is 12.2. The SMILES string of the molecule is O=C(O)C=CCn1ccc(C(F)(F)F)n1. The van der Waals surface area contributed by atoms with Crippen LogP contribution >= 0.6 is 0 Å². The minimum Gasteiger partial charge on any atom is -0.478 e. The molecule has 4 nitrogen and oxygen atoms in total. The Bertz CT molecular complexity index is 381. The average Bonchev–Trinajstić information content (AvgIpc) is 2.51. The lowest BCUT2D eigenvalue weighted by Crippen LogP contribution is -2.07. The zero-order chi connectivity index (χ0) is 11.5. The summed E-state index contributed by atoms with van der Waals surface area (Å²) in [5, 5.41) is 11.5. The van der Waals surface area contributed by atoms with Crippen molar-refractivity contribution in [3.8, 4) is 0 Å². The molecular formula is C8H7F3N2O2. The van der Waals surface area contributed by atoms with E-state index in [1.165, 1.54) is 6.08 Å². The lowest BCUT2D eigenvalue weighted by molar-refractivity contribution is -0.141. The Hall–Kier alpha value is -1.79. The molecule has 0 unspecified atom stereocenters.